The molecule has 0 N–H and O–H groups in total. The normalized spacial score (nSPS) is 67.1. The predicted molar refractivity (Wildman–Crippen MR) is 32.4 cm³/mol. The van der Waals surface area contributed by atoms with Crippen molar-refractivity contribution in [1.29, 1.82) is 0 Å². The molecule has 8 heavy (non-hydrogen) atoms. The average molecular weight is 108 g/mol. The molecule has 3 aliphatic carbocycles. The first-order valence-corrected chi connectivity index (χ1v) is 3.82. The van der Waals surface area contributed by atoms with Crippen molar-refractivity contribution in [3.63, 3.8) is 0 Å². The zero-order valence-electron chi connectivity index (χ0n) is 5.35. The standard InChI is InChI=1S/C8H12/c1-8-4-6(8)7(8)5-2-3-5/h5-7H,2-4H2,1H3. The summed E-state index contributed by atoms with van der Waals surface area (Å²) in [5, 5.41) is 0. The first kappa shape index (κ1) is 3.92. The molecule has 0 amide bonds. The quantitative estimate of drug-likeness (QED) is 0.482. The Morgan fingerprint density at radius 3 is 2.12 bits per heavy atom. The van der Waals surface area contributed by atoms with Crippen molar-refractivity contribution in [2.24, 2.45) is 23.2 Å². The van der Waals surface area contributed by atoms with E-state index < -0.39 is 0 Å². The summed E-state index contributed by atoms with van der Waals surface area (Å²) in [6.07, 6.45) is 4.71. The molecular weight excluding hydrogens is 96.1 g/mol. The minimum absolute atomic E-state index is 0.918. The van der Waals surface area contributed by atoms with Gasteiger partial charge in [0.2, 0.25) is 0 Å². The van der Waals surface area contributed by atoms with Gasteiger partial charge in [-0.25, -0.2) is 0 Å². The van der Waals surface area contributed by atoms with Gasteiger partial charge in [-0.3, -0.25) is 0 Å². The van der Waals surface area contributed by atoms with Gasteiger partial charge >= 0.3 is 0 Å². The molecule has 0 saturated heterocycles. The van der Waals surface area contributed by atoms with Crippen LogP contribution in [0, 0.1) is 23.2 Å². The molecule has 0 radical (unpaired) electrons. The molecule has 3 atom stereocenters. The highest BCUT2D eigenvalue weighted by molar-refractivity contribution is 5.25. The van der Waals surface area contributed by atoms with Gasteiger partial charge in [0.05, 0.1) is 0 Å². The van der Waals surface area contributed by atoms with Crippen LogP contribution in [-0.2, 0) is 0 Å². The molecule has 0 aliphatic heterocycles. The minimum Gasteiger partial charge on any atom is -0.0591 e. The van der Waals surface area contributed by atoms with Crippen LogP contribution in [-0.4, -0.2) is 0 Å². The molecule has 3 aliphatic rings. The van der Waals surface area contributed by atoms with Crippen LogP contribution in [0.1, 0.15) is 26.2 Å². The number of fused-ring (bicyclic) bond motifs is 1. The van der Waals surface area contributed by atoms with Crippen LogP contribution in [0.3, 0.4) is 0 Å². The molecule has 0 aromatic carbocycles. The van der Waals surface area contributed by atoms with E-state index in [9.17, 15) is 0 Å². The Morgan fingerprint density at radius 2 is 2.00 bits per heavy atom. The van der Waals surface area contributed by atoms with E-state index in [1.54, 1.807) is 19.3 Å². The number of rotatable bonds is 1. The van der Waals surface area contributed by atoms with Gasteiger partial charge in [-0.1, -0.05) is 6.92 Å². The molecule has 44 valence electrons. The summed E-state index contributed by atoms with van der Waals surface area (Å²) in [6, 6.07) is 0. The van der Waals surface area contributed by atoms with Crippen molar-refractivity contribution in [2.75, 3.05) is 0 Å². The van der Waals surface area contributed by atoms with Gasteiger partial charge in [-0.05, 0) is 42.4 Å². The van der Waals surface area contributed by atoms with Crippen molar-refractivity contribution in [3.05, 3.63) is 0 Å². The minimum atomic E-state index is 0.918. The van der Waals surface area contributed by atoms with Crippen LogP contribution >= 0.6 is 0 Å². The molecule has 0 aromatic rings. The summed E-state index contributed by atoms with van der Waals surface area (Å²) in [5.41, 5.74) is 0.918. The predicted octanol–water partition coefficient (Wildman–Crippen LogP) is 2.05. The van der Waals surface area contributed by atoms with Crippen LogP contribution in [0.15, 0.2) is 0 Å². The molecule has 0 heterocycles. The second-order valence-electron chi connectivity index (χ2n) is 4.18. The number of hydrogen-bond donors (Lipinski definition) is 0. The maximum Gasteiger partial charge on any atom is -0.0258 e. The highest BCUT2D eigenvalue weighted by Gasteiger charge is 2.77. The van der Waals surface area contributed by atoms with E-state index in [1.807, 2.05) is 0 Å². The largest absolute Gasteiger partial charge is 0.0591 e. The summed E-state index contributed by atoms with van der Waals surface area (Å²) >= 11 is 0. The SMILES string of the molecule is CC12CC1C2C1CC1. The molecule has 3 unspecified atom stereocenters. The van der Waals surface area contributed by atoms with Gasteiger partial charge in [0.25, 0.3) is 0 Å². The van der Waals surface area contributed by atoms with E-state index in [0.717, 1.165) is 5.41 Å². The molecule has 3 saturated carbocycles. The van der Waals surface area contributed by atoms with Gasteiger partial charge in [-0.15, -0.1) is 0 Å². The van der Waals surface area contributed by atoms with Crippen molar-refractivity contribution in [1.82, 2.24) is 0 Å². The van der Waals surface area contributed by atoms with Crippen molar-refractivity contribution in [3.8, 4) is 0 Å². The Bertz CT molecular complexity index is 144. The third kappa shape index (κ3) is 0.260. The maximum absolute atomic E-state index is 2.47. The summed E-state index contributed by atoms with van der Waals surface area (Å²) in [7, 11) is 0. The second-order valence-corrected chi connectivity index (χ2v) is 4.18. The van der Waals surface area contributed by atoms with Gasteiger partial charge in [0.15, 0.2) is 0 Å². The molecule has 3 fully saturated rings. The van der Waals surface area contributed by atoms with E-state index in [2.05, 4.69) is 6.92 Å². The lowest BCUT2D eigenvalue weighted by Gasteiger charge is -2.02. The highest BCUT2D eigenvalue weighted by Crippen LogP contribution is 2.84. The fourth-order valence-corrected chi connectivity index (χ4v) is 2.54. The smallest absolute Gasteiger partial charge is 0.0258 e. The molecule has 0 bridgehead atoms. The lowest BCUT2D eigenvalue weighted by molar-refractivity contribution is 0.465. The van der Waals surface area contributed by atoms with Crippen LogP contribution in [0.5, 0.6) is 0 Å². The molecule has 0 nitrogen and oxygen atoms in total. The summed E-state index contributed by atoms with van der Waals surface area (Å²) < 4.78 is 0. The zero-order valence-corrected chi connectivity index (χ0v) is 5.35. The molecular formula is C8H12. The van der Waals surface area contributed by atoms with Crippen LogP contribution in [0.2, 0.25) is 0 Å². The van der Waals surface area contributed by atoms with Crippen molar-refractivity contribution < 1.29 is 0 Å². The first-order valence-electron chi connectivity index (χ1n) is 3.82. The third-order valence-electron chi connectivity index (χ3n) is 3.56. The topological polar surface area (TPSA) is 0 Å². The third-order valence-corrected chi connectivity index (χ3v) is 3.56. The second kappa shape index (κ2) is 0.778. The van der Waals surface area contributed by atoms with Crippen LogP contribution in [0.25, 0.3) is 0 Å². The monoisotopic (exact) mass is 108 g/mol. The first-order chi connectivity index (χ1) is 3.82. The fourth-order valence-electron chi connectivity index (χ4n) is 2.54. The Morgan fingerprint density at radius 1 is 1.38 bits per heavy atom. The zero-order chi connectivity index (χ0) is 5.35. The van der Waals surface area contributed by atoms with Gasteiger partial charge in [0.1, 0.15) is 0 Å². The van der Waals surface area contributed by atoms with Crippen LogP contribution in [0.4, 0.5) is 0 Å². The van der Waals surface area contributed by atoms with E-state index in [-0.39, 0.29) is 0 Å². The Kier molecular flexibility index (Phi) is 0.381. The van der Waals surface area contributed by atoms with Crippen molar-refractivity contribution >= 4 is 0 Å². The van der Waals surface area contributed by atoms with E-state index >= 15 is 0 Å². The fraction of sp³-hybridized carbons (Fsp3) is 1.00. The summed E-state index contributed by atoms with van der Waals surface area (Å²) in [4.78, 5) is 0. The molecule has 0 spiro atoms. The van der Waals surface area contributed by atoms with Crippen molar-refractivity contribution in [2.45, 2.75) is 26.2 Å². The highest BCUT2D eigenvalue weighted by atomic mass is 14.8. The molecule has 3 rings (SSSR count). The Balaban J connectivity index is 1.81. The van der Waals surface area contributed by atoms with Gasteiger partial charge in [0, 0.05) is 0 Å². The van der Waals surface area contributed by atoms with Gasteiger partial charge in [-0.2, -0.15) is 0 Å². The van der Waals surface area contributed by atoms with E-state index in [4.69, 9.17) is 0 Å². The van der Waals surface area contributed by atoms with E-state index in [1.165, 1.54) is 17.8 Å². The summed E-state index contributed by atoms with van der Waals surface area (Å²) in [6.45, 7) is 2.47. The Labute approximate surface area is 50.3 Å². The molecule has 0 heteroatoms. The number of hydrogen-bond acceptors (Lipinski definition) is 0. The van der Waals surface area contributed by atoms with E-state index in [0.29, 0.717) is 0 Å². The lowest BCUT2D eigenvalue weighted by atomic mass is 10.0. The Hall–Kier alpha value is 0. The van der Waals surface area contributed by atoms with Crippen LogP contribution < -0.4 is 0 Å². The van der Waals surface area contributed by atoms with Gasteiger partial charge < -0.3 is 0 Å². The molecule has 0 aromatic heterocycles. The summed E-state index contributed by atoms with van der Waals surface area (Å²) in [5.74, 6) is 3.65. The average Bonchev–Trinajstić information content (AvgIpc) is 2.35. The lowest BCUT2D eigenvalue weighted by Crippen LogP contribution is -1.95. The maximum atomic E-state index is 2.47.